The van der Waals surface area contributed by atoms with Gasteiger partial charge in [-0.1, -0.05) is 55.8 Å². The zero-order chi connectivity index (χ0) is 20.3. The van der Waals surface area contributed by atoms with E-state index >= 15 is 0 Å². The summed E-state index contributed by atoms with van der Waals surface area (Å²) in [5, 5.41) is 2.82. The molecule has 1 aliphatic heterocycles. The maximum absolute atomic E-state index is 12.1. The molecule has 2 bridgehead atoms. The molecule has 1 fully saturated rings. The number of rotatable bonds is 6. The second-order valence-electron chi connectivity index (χ2n) is 9.00. The Morgan fingerprint density at radius 1 is 1.29 bits per heavy atom. The Labute approximate surface area is 169 Å². The van der Waals surface area contributed by atoms with E-state index in [1.165, 1.54) is 11.1 Å². The molecule has 4 heteroatoms. The van der Waals surface area contributed by atoms with Gasteiger partial charge in [-0.25, -0.2) is 4.79 Å². The Bertz CT molecular complexity index is 699. The molecule has 1 amide bonds. The van der Waals surface area contributed by atoms with Crippen molar-refractivity contribution in [3.05, 3.63) is 47.5 Å². The third kappa shape index (κ3) is 4.27. The van der Waals surface area contributed by atoms with Gasteiger partial charge in [0.2, 0.25) is 0 Å². The minimum absolute atomic E-state index is 0.0751. The summed E-state index contributed by atoms with van der Waals surface area (Å²) >= 11 is 0. The molecule has 28 heavy (non-hydrogen) atoms. The lowest BCUT2D eigenvalue weighted by molar-refractivity contribution is -0.164. The van der Waals surface area contributed by atoms with Crippen molar-refractivity contribution >= 4 is 6.09 Å². The highest BCUT2D eigenvalue weighted by Crippen LogP contribution is 2.53. The molecule has 5 atom stereocenters. The quantitative estimate of drug-likeness (QED) is 0.702. The molecular formula is C24H35NO3. The third-order valence-electron chi connectivity index (χ3n) is 6.80. The number of alkyl carbamates (subject to hydrolysis) is 1. The van der Waals surface area contributed by atoms with Crippen LogP contribution in [0.25, 0.3) is 0 Å². The third-order valence-corrected chi connectivity index (χ3v) is 6.80. The van der Waals surface area contributed by atoms with Gasteiger partial charge < -0.3 is 14.8 Å². The van der Waals surface area contributed by atoms with Crippen LogP contribution in [0.15, 0.2) is 42.0 Å². The molecule has 2 aliphatic rings. The molecule has 0 unspecified atom stereocenters. The van der Waals surface area contributed by atoms with Crippen molar-refractivity contribution in [3.63, 3.8) is 0 Å². The molecule has 1 saturated heterocycles. The number of allylic oxidation sites excluding steroid dienone is 1. The Balaban J connectivity index is 1.71. The van der Waals surface area contributed by atoms with E-state index in [9.17, 15) is 4.79 Å². The molecule has 0 spiro atoms. The lowest BCUT2D eigenvalue weighted by Gasteiger charge is -2.55. The van der Waals surface area contributed by atoms with E-state index in [2.05, 4.69) is 62.5 Å². The van der Waals surface area contributed by atoms with Gasteiger partial charge in [-0.15, -0.1) is 0 Å². The predicted molar refractivity (Wildman–Crippen MR) is 112 cm³/mol. The molecule has 154 valence electrons. The van der Waals surface area contributed by atoms with Gasteiger partial charge >= 0.3 is 6.09 Å². The number of carbonyl (C=O) groups is 1. The van der Waals surface area contributed by atoms with Crippen molar-refractivity contribution in [3.8, 4) is 0 Å². The van der Waals surface area contributed by atoms with Crippen molar-refractivity contribution in [1.29, 1.82) is 0 Å². The number of fused-ring (bicyclic) bond motifs is 2. The molecular weight excluding hydrogens is 350 g/mol. The average molecular weight is 386 g/mol. The number of benzene rings is 1. The van der Waals surface area contributed by atoms with Gasteiger partial charge in [0.1, 0.15) is 6.61 Å². The smallest absolute Gasteiger partial charge is 0.407 e. The Morgan fingerprint density at radius 3 is 2.68 bits per heavy atom. The number of carbonyl (C=O) groups excluding carboxylic acids is 1. The monoisotopic (exact) mass is 385 g/mol. The van der Waals surface area contributed by atoms with Crippen LogP contribution in [0.4, 0.5) is 4.79 Å². The SMILES string of the molecule is CC1=C[C@H](C)[C@]2(COC(=O)NC(C)C)CO[C@@H](CCc3ccccc3)[C@H]1[C@H]2C. The van der Waals surface area contributed by atoms with Gasteiger partial charge in [0.25, 0.3) is 0 Å². The topological polar surface area (TPSA) is 47.6 Å². The minimum atomic E-state index is -0.335. The fraction of sp³-hybridized carbons (Fsp3) is 0.625. The summed E-state index contributed by atoms with van der Waals surface area (Å²) in [4.78, 5) is 12.1. The van der Waals surface area contributed by atoms with Crippen LogP contribution in [-0.2, 0) is 15.9 Å². The molecule has 3 rings (SSSR count). The number of nitrogens with one attached hydrogen (secondary N) is 1. The summed E-state index contributed by atoms with van der Waals surface area (Å²) in [6.45, 7) is 11.7. The highest BCUT2D eigenvalue weighted by Gasteiger charge is 2.54. The van der Waals surface area contributed by atoms with Crippen molar-refractivity contribution < 1.29 is 14.3 Å². The van der Waals surface area contributed by atoms with Gasteiger partial charge in [-0.2, -0.15) is 0 Å². The molecule has 0 aromatic heterocycles. The Kier molecular flexibility index (Phi) is 6.49. The Morgan fingerprint density at radius 2 is 2.00 bits per heavy atom. The van der Waals surface area contributed by atoms with Gasteiger partial charge in [-0.3, -0.25) is 0 Å². The summed E-state index contributed by atoms with van der Waals surface area (Å²) < 4.78 is 12.1. The van der Waals surface area contributed by atoms with Crippen molar-refractivity contribution in [1.82, 2.24) is 5.32 Å². The lowest BCUT2D eigenvalue weighted by Crippen LogP contribution is -2.57. The van der Waals surface area contributed by atoms with E-state index in [4.69, 9.17) is 9.47 Å². The van der Waals surface area contributed by atoms with Crippen LogP contribution in [-0.4, -0.2) is 31.5 Å². The first-order chi connectivity index (χ1) is 13.3. The summed E-state index contributed by atoms with van der Waals surface area (Å²) in [5.41, 5.74) is 2.62. The molecule has 0 saturated carbocycles. The summed E-state index contributed by atoms with van der Waals surface area (Å²) in [5.74, 6) is 1.11. The molecule has 1 aromatic carbocycles. The standard InChI is InChI=1S/C24H35NO3/c1-16(2)25-23(26)28-15-24-14-27-21(12-11-20-9-7-6-8-10-20)22(19(24)5)17(3)13-18(24)4/h6-10,13,16,18-19,21-22H,11-12,14-15H2,1-5H3,(H,25,26)/t18-,19+,21-,22+,24+/m0/s1. The van der Waals surface area contributed by atoms with E-state index < -0.39 is 0 Å². The highest BCUT2D eigenvalue weighted by atomic mass is 16.6. The number of ether oxygens (including phenoxy) is 2. The molecule has 1 heterocycles. The van der Waals surface area contributed by atoms with Gasteiger partial charge in [0, 0.05) is 17.4 Å². The van der Waals surface area contributed by atoms with Crippen LogP contribution in [0.3, 0.4) is 0 Å². The van der Waals surface area contributed by atoms with Crippen molar-refractivity contribution in [2.75, 3.05) is 13.2 Å². The van der Waals surface area contributed by atoms with Crippen LogP contribution in [0.1, 0.15) is 46.6 Å². The average Bonchev–Trinajstić information content (AvgIpc) is 2.64. The van der Waals surface area contributed by atoms with Crippen LogP contribution >= 0.6 is 0 Å². The first kappa shape index (κ1) is 20.9. The Hall–Kier alpha value is -1.81. The van der Waals surface area contributed by atoms with Crippen molar-refractivity contribution in [2.24, 2.45) is 23.2 Å². The molecule has 1 N–H and O–H groups in total. The largest absolute Gasteiger partial charge is 0.449 e. The predicted octanol–water partition coefficient (Wildman–Crippen LogP) is 4.99. The molecule has 4 nitrogen and oxygen atoms in total. The lowest BCUT2D eigenvalue weighted by atomic mass is 9.56. The number of aryl methyl sites for hydroxylation is 1. The first-order valence-corrected chi connectivity index (χ1v) is 10.6. The van der Waals surface area contributed by atoms with Crippen LogP contribution in [0, 0.1) is 23.2 Å². The summed E-state index contributed by atoms with van der Waals surface area (Å²) in [6, 6.07) is 10.7. The summed E-state index contributed by atoms with van der Waals surface area (Å²) in [6.07, 6.45) is 4.31. The number of amides is 1. The van der Waals surface area contributed by atoms with E-state index in [1.54, 1.807) is 0 Å². The number of hydrogen-bond acceptors (Lipinski definition) is 3. The maximum Gasteiger partial charge on any atom is 0.407 e. The normalized spacial score (nSPS) is 32.0. The second kappa shape index (κ2) is 8.69. The van der Waals surface area contributed by atoms with E-state index in [0.29, 0.717) is 31.0 Å². The second-order valence-corrected chi connectivity index (χ2v) is 9.00. The molecule has 0 radical (unpaired) electrons. The molecule has 1 aromatic rings. The van der Waals surface area contributed by atoms with Crippen LogP contribution < -0.4 is 5.32 Å². The first-order valence-electron chi connectivity index (χ1n) is 10.6. The summed E-state index contributed by atoms with van der Waals surface area (Å²) in [7, 11) is 0. The van der Waals surface area contributed by atoms with Gasteiger partial charge in [0.05, 0.1) is 12.7 Å². The number of hydrogen-bond donors (Lipinski definition) is 1. The molecule has 1 aliphatic carbocycles. The fourth-order valence-electron chi connectivity index (χ4n) is 5.08. The van der Waals surface area contributed by atoms with E-state index in [-0.39, 0.29) is 23.7 Å². The van der Waals surface area contributed by atoms with Crippen LogP contribution in [0.2, 0.25) is 0 Å². The van der Waals surface area contributed by atoms with Crippen LogP contribution in [0.5, 0.6) is 0 Å². The highest BCUT2D eigenvalue weighted by molar-refractivity contribution is 5.67. The van der Waals surface area contributed by atoms with Crippen molar-refractivity contribution in [2.45, 2.75) is 59.6 Å². The van der Waals surface area contributed by atoms with Gasteiger partial charge in [-0.05, 0) is 51.0 Å². The zero-order valence-corrected chi connectivity index (χ0v) is 17.9. The fourth-order valence-corrected chi connectivity index (χ4v) is 5.08. The van der Waals surface area contributed by atoms with Gasteiger partial charge in [0.15, 0.2) is 0 Å². The van der Waals surface area contributed by atoms with E-state index in [1.807, 2.05) is 13.8 Å². The minimum Gasteiger partial charge on any atom is -0.449 e. The zero-order valence-electron chi connectivity index (χ0n) is 17.9. The van der Waals surface area contributed by atoms with E-state index in [0.717, 1.165) is 12.8 Å². The maximum atomic E-state index is 12.1.